The molecule has 0 radical (unpaired) electrons. The van der Waals surface area contributed by atoms with Crippen molar-refractivity contribution in [1.82, 2.24) is 9.97 Å². The molecule has 0 saturated carbocycles. The average Bonchev–Trinajstić information content (AvgIpc) is 2.88. The Labute approximate surface area is 111 Å². The zero-order valence-electron chi connectivity index (χ0n) is 10.9. The number of thiophene rings is 1. The molecule has 0 amide bonds. The predicted molar refractivity (Wildman–Crippen MR) is 76.9 cm³/mol. The Morgan fingerprint density at radius 3 is 2.83 bits per heavy atom. The molecule has 3 N–H and O–H groups in total. The van der Waals surface area contributed by atoms with E-state index in [0.717, 1.165) is 23.6 Å². The van der Waals surface area contributed by atoms with Crippen LogP contribution in [0.25, 0.3) is 0 Å². The number of anilines is 2. The highest BCUT2D eigenvalue weighted by Gasteiger charge is 2.12. The Bertz CT molecular complexity index is 522. The fraction of sp³-hybridized carbons (Fsp3) is 0.385. The van der Waals surface area contributed by atoms with Gasteiger partial charge in [-0.25, -0.2) is 9.97 Å². The number of nitrogens with one attached hydrogen (secondary N) is 1. The summed E-state index contributed by atoms with van der Waals surface area (Å²) in [4.78, 5) is 10.0. The molecule has 2 aromatic rings. The lowest BCUT2D eigenvalue weighted by Crippen LogP contribution is -2.11. The second kappa shape index (κ2) is 5.35. The van der Waals surface area contributed by atoms with E-state index in [1.54, 1.807) is 11.3 Å². The smallest absolute Gasteiger partial charge is 0.135 e. The molecule has 2 aromatic heterocycles. The summed E-state index contributed by atoms with van der Waals surface area (Å²) in [6, 6.07) is 4.39. The molecular formula is C13H18N4S. The number of nitrogen functional groups attached to an aromatic ring is 1. The molecule has 2 heterocycles. The third-order valence-electron chi connectivity index (χ3n) is 2.87. The second-order valence-electron chi connectivity index (χ2n) is 4.23. The maximum absolute atomic E-state index is 5.90. The number of nitrogens with two attached hydrogens (primary N) is 1. The lowest BCUT2D eigenvalue weighted by Gasteiger charge is -2.16. The first-order valence-electron chi connectivity index (χ1n) is 6.04. The van der Waals surface area contributed by atoms with E-state index in [2.05, 4.69) is 39.7 Å². The van der Waals surface area contributed by atoms with Crippen LogP contribution in [0.2, 0.25) is 0 Å². The summed E-state index contributed by atoms with van der Waals surface area (Å²) < 4.78 is 0. The summed E-state index contributed by atoms with van der Waals surface area (Å²) in [5, 5.41) is 5.48. The Morgan fingerprint density at radius 2 is 2.22 bits per heavy atom. The first kappa shape index (κ1) is 12.8. The van der Waals surface area contributed by atoms with Crippen LogP contribution in [0, 0.1) is 6.92 Å². The Hall–Kier alpha value is -1.62. The van der Waals surface area contributed by atoms with E-state index in [-0.39, 0.29) is 6.04 Å². The lowest BCUT2D eigenvalue weighted by atomic mass is 10.2. The summed E-state index contributed by atoms with van der Waals surface area (Å²) in [6.07, 6.45) is 0.784. The Kier molecular flexibility index (Phi) is 3.81. The van der Waals surface area contributed by atoms with Gasteiger partial charge in [-0.15, -0.1) is 11.3 Å². The van der Waals surface area contributed by atoms with Gasteiger partial charge in [0.15, 0.2) is 0 Å². The van der Waals surface area contributed by atoms with Crippen molar-refractivity contribution in [3.8, 4) is 0 Å². The molecule has 0 saturated heterocycles. The summed E-state index contributed by atoms with van der Waals surface area (Å²) in [6.45, 7) is 6.09. The van der Waals surface area contributed by atoms with Crippen molar-refractivity contribution in [2.24, 2.45) is 0 Å². The van der Waals surface area contributed by atoms with Crippen LogP contribution in [0.5, 0.6) is 0 Å². The maximum atomic E-state index is 5.90. The molecule has 1 unspecified atom stereocenters. The first-order chi connectivity index (χ1) is 8.61. The summed E-state index contributed by atoms with van der Waals surface area (Å²) in [5.41, 5.74) is 6.82. The van der Waals surface area contributed by atoms with E-state index in [0.29, 0.717) is 5.82 Å². The standard InChI is InChI=1S/C13H18N4S/c1-4-11-16-12(14)8(2)13(17-11)15-9(3)10-6-5-7-18-10/h5-7,9H,4H2,1-3H3,(H3,14,15,16,17). The van der Waals surface area contributed by atoms with Crippen LogP contribution in [0.15, 0.2) is 17.5 Å². The van der Waals surface area contributed by atoms with Gasteiger partial charge >= 0.3 is 0 Å². The van der Waals surface area contributed by atoms with Crippen LogP contribution in [-0.2, 0) is 6.42 Å². The third-order valence-corrected chi connectivity index (χ3v) is 3.92. The van der Waals surface area contributed by atoms with E-state index in [1.807, 2.05) is 13.8 Å². The van der Waals surface area contributed by atoms with Gasteiger partial charge in [-0.3, -0.25) is 0 Å². The van der Waals surface area contributed by atoms with Crippen LogP contribution >= 0.6 is 11.3 Å². The minimum Gasteiger partial charge on any atom is -0.383 e. The highest BCUT2D eigenvalue weighted by Crippen LogP contribution is 2.25. The molecule has 0 aromatic carbocycles. The summed E-state index contributed by atoms with van der Waals surface area (Å²) in [7, 11) is 0. The van der Waals surface area contributed by atoms with Gasteiger partial charge in [-0.1, -0.05) is 13.0 Å². The molecule has 4 nitrogen and oxygen atoms in total. The molecule has 0 aliphatic rings. The van der Waals surface area contributed by atoms with Crippen molar-refractivity contribution < 1.29 is 0 Å². The van der Waals surface area contributed by atoms with Gasteiger partial charge in [0.25, 0.3) is 0 Å². The molecule has 2 rings (SSSR count). The Morgan fingerprint density at radius 1 is 1.44 bits per heavy atom. The summed E-state index contributed by atoms with van der Waals surface area (Å²) in [5.74, 6) is 2.17. The van der Waals surface area contributed by atoms with Crippen molar-refractivity contribution in [1.29, 1.82) is 0 Å². The number of aryl methyl sites for hydroxylation is 1. The van der Waals surface area contributed by atoms with Crippen LogP contribution in [0.4, 0.5) is 11.6 Å². The maximum Gasteiger partial charge on any atom is 0.135 e. The molecule has 0 aliphatic heterocycles. The fourth-order valence-corrected chi connectivity index (χ4v) is 2.43. The molecule has 1 atom stereocenters. The van der Waals surface area contributed by atoms with Gasteiger partial charge in [0.2, 0.25) is 0 Å². The molecule has 0 spiro atoms. The summed E-state index contributed by atoms with van der Waals surface area (Å²) >= 11 is 1.73. The predicted octanol–water partition coefficient (Wildman–Crippen LogP) is 3.16. The molecule has 0 aliphatic carbocycles. The van der Waals surface area contributed by atoms with Crippen LogP contribution in [0.1, 0.15) is 36.2 Å². The zero-order chi connectivity index (χ0) is 13.1. The SMILES string of the molecule is CCc1nc(N)c(C)c(NC(C)c2cccs2)n1. The molecule has 5 heteroatoms. The second-order valence-corrected chi connectivity index (χ2v) is 5.21. The van der Waals surface area contributed by atoms with Crippen LogP contribution in [-0.4, -0.2) is 9.97 Å². The Balaban J connectivity index is 2.25. The van der Waals surface area contributed by atoms with Crippen LogP contribution < -0.4 is 11.1 Å². The zero-order valence-corrected chi connectivity index (χ0v) is 11.7. The van der Waals surface area contributed by atoms with E-state index in [1.165, 1.54) is 4.88 Å². The van der Waals surface area contributed by atoms with Crippen LogP contribution in [0.3, 0.4) is 0 Å². The largest absolute Gasteiger partial charge is 0.383 e. The topological polar surface area (TPSA) is 63.8 Å². The van der Waals surface area contributed by atoms with Gasteiger partial charge in [-0.05, 0) is 25.3 Å². The van der Waals surface area contributed by atoms with Gasteiger partial charge in [0.05, 0.1) is 6.04 Å². The number of aromatic nitrogens is 2. The third kappa shape index (κ3) is 2.61. The molecule has 0 fully saturated rings. The number of hydrogen-bond donors (Lipinski definition) is 2. The van der Waals surface area contributed by atoms with E-state index in [9.17, 15) is 0 Å². The van der Waals surface area contributed by atoms with Crippen molar-refractivity contribution in [3.63, 3.8) is 0 Å². The average molecular weight is 262 g/mol. The van der Waals surface area contributed by atoms with Gasteiger partial charge in [0, 0.05) is 16.9 Å². The van der Waals surface area contributed by atoms with Gasteiger partial charge in [-0.2, -0.15) is 0 Å². The highest BCUT2D eigenvalue weighted by molar-refractivity contribution is 7.10. The quantitative estimate of drug-likeness (QED) is 0.888. The molecule has 96 valence electrons. The number of rotatable bonds is 4. The highest BCUT2D eigenvalue weighted by atomic mass is 32.1. The number of nitrogens with zero attached hydrogens (tertiary/aromatic N) is 2. The number of hydrogen-bond acceptors (Lipinski definition) is 5. The van der Waals surface area contributed by atoms with Gasteiger partial charge < -0.3 is 11.1 Å². The van der Waals surface area contributed by atoms with Gasteiger partial charge in [0.1, 0.15) is 17.5 Å². The molecule has 0 bridgehead atoms. The minimum absolute atomic E-state index is 0.225. The first-order valence-corrected chi connectivity index (χ1v) is 6.92. The van der Waals surface area contributed by atoms with Crippen molar-refractivity contribution in [3.05, 3.63) is 33.8 Å². The van der Waals surface area contributed by atoms with E-state index < -0.39 is 0 Å². The lowest BCUT2D eigenvalue weighted by molar-refractivity contribution is 0.868. The van der Waals surface area contributed by atoms with E-state index >= 15 is 0 Å². The fourth-order valence-electron chi connectivity index (χ4n) is 1.69. The minimum atomic E-state index is 0.225. The normalized spacial score (nSPS) is 12.4. The molecular weight excluding hydrogens is 244 g/mol. The van der Waals surface area contributed by atoms with Crippen molar-refractivity contribution in [2.45, 2.75) is 33.2 Å². The van der Waals surface area contributed by atoms with Crippen molar-refractivity contribution in [2.75, 3.05) is 11.1 Å². The monoisotopic (exact) mass is 262 g/mol. The molecule has 18 heavy (non-hydrogen) atoms. The van der Waals surface area contributed by atoms with E-state index in [4.69, 9.17) is 5.73 Å². The van der Waals surface area contributed by atoms with Crippen molar-refractivity contribution >= 4 is 23.0 Å².